The predicted molar refractivity (Wildman–Crippen MR) is 120 cm³/mol. The molecule has 8 heteroatoms. The molecule has 2 aromatic rings. The number of allylic oxidation sites excluding steroid dienone is 1. The van der Waals surface area contributed by atoms with E-state index in [0.717, 1.165) is 22.5 Å². The highest BCUT2D eigenvalue weighted by Crippen LogP contribution is 2.23. The van der Waals surface area contributed by atoms with Gasteiger partial charge in [0.1, 0.15) is 12.4 Å². The number of hydrogen-bond donors (Lipinski definition) is 2. The quantitative estimate of drug-likeness (QED) is 0.510. The Kier molecular flexibility index (Phi) is 8.83. The van der Waals surface area contributed by atoms with E-state index in [9.17, 15) is 18.0 Å². The third-order valence-corrected chi connectivity index (χ3v) is 4.71. The zero-order valence-corrected chi connectivity index (χ0v) is 19.0. The van der Waals surface area contributed by atoms with Crippen molar-refractivity contribution >= 4 is 17.4 Å². The van der Waals surface area contributed by atoms with Crippen molar-refractivity contribution in [1.82, 2.24) is 10.3 Å². The van der Waals surface area contributed by atoms with Crippen LogP contribution in [0.3, 0.4) is 0 Å². The molecule has 1 aromatic heterocycles. The average molecular weight is 450 g/mol. The van der Waals surface area contributed by atoms with E-state index >= 15 is 0 Å². The number of ether oxygens (including phenoxy) is 1. The molecule has 0 radical (unpaired) electrons. The summed E-state index contributed by atoms with van der Waals surface area (Å²) in [5.74, 6) is 0.272. The number of anilines is 1. The largest absolute Gasteiger partial charge is 0.411 e. The third kappa shape index (κ3) is 8.00. The van der Waals surface area contributed by atoms with Gasteiger partial charge < -0.3 is 15.4 Å². The number of halogens is 3. The van der Waals surface area contributed by atoms with E-state index in [1.807, 2.05) is 65.0 Å². The fraction of sp³-hybridized carbons (Fsp3) is 0.417. The van der Waals surface area contributed by atoms with E-state index in [2.05, 4.69) is 15.6 Å². The molecule has 5 nitrogen and oxygen atoms in total. The first-order valence-electron chi connectivity index (χ1n) is 10.4. The van der Waals surface area contributed by atoms with Gasteiger partial charge in [-0.25, -0.2) is 4.98 Å². The Morgan fingerprint density at radius 3 is 2.38 bits per heavy atom. The molecule has 0 aliphatic heterocycles. The van der Waals surface area contributed by atoms with Crippen LogP contribution in [0, 0.1) is 12.8 Å². The monoisotopic (exact) mass is 449 g/mol. The number of aromatic nitrogens is 1. The van der Waals surface area contributed by atoms with Gasteiger partial charge in [0.2, 0.25) is 5.91 Å². The molecule has 0 saturated carbocycles. The number of pyridine rings is 1. The fourth-order valence-electron chi connectivity index (χ4n) is 2.99. The number of nitrogens with one attached hydrogen (secondary N) is 2. The Morgan fingerprint density at radius 1 is 1.16 bits per heavy atom. The molecule has 0 spiro atoms. The van der Waals surface area contributed by atoms with Crippen LogP contribution in [-0.2, 0) is 16.1 Å². The number of aryl methyl sites for hydroxylation is 1. The standard InChI is InChI=1S/C24H30F3N3O2/c1-6-21(19-9-7-18(8-10-19)13-32-14-24(25,26)27)29-17(5)20-11-16(4)28-22(12-20)30-23(31)15(2)3/h6-12,15,17,29H,13-14H2,1-5H3,(H,28,30,31). The van der Waals surface area contributed by atoms with Crippen molar-refractivity contribution < 1.29 is 22.7 Å². The summed E-state index contributed by atoms with van der Waals surface area (Å²) >= 11 is 0. The minimum atomic E-state index is -4.33. The van der Waals surface area contributed by atoms with Crippen LogP contribution in [0.15, 0.2) is 42.5 Å². The predicted octanol–water partition coefficient (Wildman–Crippen LogP) is 5.78. The second kappa shape index (κ2) is 11.1. The molecule has 0 bridgehead atoms. The van der Waals surface area contributed by atoms with Crippen molar-refractivity contribution in [1.29, 1.82) is 0 Å². The van der Waals surface area contributed by atoms with Gasteiger partial charge in [0.05, 0.1) is 6.61 Å². The molecular formula is C24H30F3N3O2. The van der Waals surface area contributed by atoms with Gasteiger partial charge in [0.25, 0.3) is 0 Å². The number of hydrogen-bond acceptors (Lipinski definition) is 4. The van der Waals surface area contributed by atoms with Crippen LogP contribution in [0.4, 0.5) is 19.0 Å². The van der Waals surface area contributed by atoms with Crippen LogP contribution >= 0.6 is 0 Å². The lowest BCUT2D eigenvalue weighted by Crippen LogP contribution is -2.20. The van der Waals surface area contributed by atoms with Crippen molar-refractivity contribution in [3.05, 3.63) is 64.9 Å². The maximum atomic E-state index is 12.2. The van der Waals surface area contributed by atoms with Gasteiger partial charge in [-0.2, -0.15) is 13.2 Å². The average Bonchev–Trinajstić information content (AvgIpc) is 2.71. The van der Waals surface area contributed by atoms with Crippen molar-refractivity contribution in [2.75, 3.05) is 11.9 Å². The van der Waals surface area contributed by atoms with E-state index in [-0.39, 0.29) is 24.5 Å². The smallest absolute Gasteiger partial charge is 0.378 e. The minimum Gasteiger partial charge on any atom is -0.378 e. The van der Waals surface area contributed by atoms with E-state index in [4.69, 9.17) is 4.74 Å². The first-order valence-corrected chi connectivity index (χ1v) is 10.4. The van der Waals surface area contributed by atoms with Crippen LogP contribution in [0.5, 0.6) is 0 Å². The maximum absolute atomic E-state index is 12.2. The Balaban J connectivity index is 2.07. The van der Waals surface area contributed by atoms with Gasteiger partial charge in [-0.05, 0) is 49.6 Å². The third-order valence-electron chi connectivity index (χ3n) is 4.71. The number of rotatable bonds is 9. The first kappa shape index (κ1) is 25.4. The Labute approximate surface area is 187 Å². The molecule has 2 rings (SSSR count). The molecule has 0 fully saturated rings. The van der Waals surface area contributed by atoms with Crippen LogP contribution in [-0.4, -0.2) is 23.7 Å². The van der Waals surface area contributed by atoms with Crippen LogP contribution in [0.25, 0.3) is 5.70 Å². The fourth-order valence-corrected chi connectivity index (χ4v) is 2.99. The van der Waals surface area contributed by atoms with Gasteiger partial charge in [-0.1, -0.05) is 44.2 Å². The van der Waals surface area contributed by atoms with E-state index < -0.39 is 12.8 Å². The molecule has 1 unspecified atom stereocenters. The van der Waals surface area contributed by atoms with Crippen molar-refractivity contribution in [3.8, 4) is 0 Å². The van der Waals surface area contributed by atoms with Crippen LogP contribution in [0.2, 0.25) is 0 Å². The highest BCUT2D eigenvalue weighted by atomic mass is 19.4. The summed E-state index contributed by atoms with van der Waals surface area (Å²) in [5, 5.41) is 6.29. The minimum absolute atomic E-state index is 0.0765. The molecule has 1 heterocycles. The summed E-state index contributed by atoms with van der Waals surface area (Å²) in [6.07, 6.45) is -2.40. The van der Waals surface area contributed by atoms with Crippen molar-refractivity contribution in [2.24, 2.45) is 5.92 Å². The summed E-state index contributed by atoms with van der Waals surface area (Å²) in [4.78, 5) is 16.4. The zero-order valence-electron chi connectivity index (χ0n) is 19.0. The van der Waals surface area contributed by atoms with Crippen LogP contribution < -0.4 is 10.6 Å². The molecule has 0 saturated heterocycles. The Morgan fingerprint density at radius 2 is 1.81 bits per heavy atom. The number of benzene rings is 1. The second-order valence-corrected chi connectivity index (χ2v) is 7.94. The zero-order chi connectivity index (χ0) is 23.9. The van der Waals surface area contributed by atoms with Gasteiger partial charge in [0.15, 0.2) is 0 Å². The summed E-state index contributed by atoms with van der Waals surface area (Å²) in [5.41, 5.74) is 4.20. The maximum Gasteiger partial charge on any atom is 0.411 e. The van der Waals surface area contributed by atoms with Crippen molar-refractivity contribution in [3.63, 3.8) is 0 Å². The van der Waals surface area contributed by atoms with Gasteiger partial charge in [-0.3, -0.25) is 4.79 Å². The molecule has 0 aliphatic rings. The summed E-state index contributed by atoms with van der Waals surface area (Å²) in [6, 6.07) is 10.9. The molecule has 0 aliphatic carbocycles. The van der Waals surface area contributed by atoms with Crippen LogP contribution in [0.1, 0.15) is 56.1 Å². The Bertz CT molecular complexity index is 938. The number of nitrogens with zero attached hydrogens (tertiary/aromatic N) is 1. The topological polar surface area (TPSA) is 63.2 Å². The Hall–Kier alpha value is -2.87. The summed E-state index contributed by atoms with van der Waals surface area (Å²) < 4.78 is 41.4. The molecule has 32 heavy (non-hydrogen) atoms. The van der Waals surface area contributed by atoms with E-state index in [1.165, 1.54) is 0 Å². The number of amides is 1. The van der Waals surface area contributed by atoms with E-state index in [0.29, 0.717) is 11.4 Å². The lowest BCUT2D eigenvalue weighted by Gasteiger charge is -2.20. The number of alkyl halides is 3. The molecule has 1 amide bonds. The number of carbonyl (C=O) groups is 1. The van der Waals surface area contributed by atoms with Crippen molar-refractivity contribution in [2.45, 2.75) is 53.4 Å². The van der Waals surface area contributed by atoms with Gasteiger partial charge in [0, 0.05) is 23.4 Å². The van der Waals surface area contributed by atoms with E-state index in [1.54, 1.807) is 12.1 Å². The highest BCUT2D eigenvalue weighted by Gasteiger charge is 2.27. The lowest BCUT2D eigenvalue weighted by molar-refractivity contribution is -0.176. The molecule has 2 N–H and O–H groups in total. The summed E-state index contributed by atoms with van der Waals surface area (Å²) in [6.45, 7) is 8.06. The normalized spacial score (nSPS) is 13.2. The lowest BCUT2D eigenvalue weighted by atomic mass is 10.0. The first-order chi connectivity index (χ1) is 15.0. The molecule has 1 aromatic carbocycles. The molecular weight excluding hydrogens is 419 g/mol. The van der Waals surface area contributed by atoms with Gasteiger partial charge in [-0.15, -0.1) is 0 Å². The second-order valence-electron chi connectivity index (χ2n) is 7.94. The van der Waals surface area contributed by atoms with Gasteiger partial charge >= 0.3 is 6.18 Å². The molecule has 1 atom stereocenters. The summed E-state index contributed by atoms with van der Waals surface area (Å²) in [7, 11) is 0. The molecule has 174 valence electrons. The number of carbonyl (C=O) groups excluding carboxylic acids is 1. The SMILES string of the molecule is CC=C(NC(C)c1cc(C)nc(NC(=O)C(C)C)c1)c1ccc(COCC(F)(F)F)cc1. The highest BCUT2D eigenvalue weighted by molar-refractivity contribution is 5.91.